The van der Waals surface area contributed by atoms with Crippen LogP contribution in [-0.4, -0.2) is 42.5 Å². The topological polar surface area (TPSA) is 58.6 Å². The number of carbonyl (C=O) groups excluding carboxylic acids is 2. The number of nitrogens with one attached hydrogen (secondary N) is 1. The first-order valence-corrected chi connectivity index (χ1v) is 7.17. The van der Waals surface area contributed by atoms with Gasteiger partial charge in [0.05, 0.1) is 7.11 Å². The number of para-hydroxylation sites is 1. The van der Waals surface area contributed by atoms with Gasteiger partial charge in [-0.1, -0.05) is 18.2 Å². The van der Waals surface area contributed by atoms with Gasteiger partial charge in [0, 0.05) is 19.5 Å². The molecule has 1 aromatic carbocycles. The highest BCUT2D eigenvalue weighted by Crippen LogP contribution is 2.22. The number of hydrogen-bond acceptors (Lipinski definition) is 3. The van der Waals surface area contributed by atoms with Crippen molar-refractivity contribution in [2.24, 2.45) is 0 Å². The molecule has 0 aromatic heterocycles. The predicted octanol–water partition coefficient (Wildman–Crippen LogP) is 1.36. The summed E-state index contributed by atoms with van der Waals surface area (Å²) in [6.07, 6.45) is 0.980. The molecule has 0 atom stereocenters. The number of hydrogen-bond donors (Lipinski definition) is 1. The first-order valence-electron chi connectivity index (χ1n) is 7.17. The van der Waals surface area contributed by atoms with Gasteiger partial charge < -0.3 is 15.0 Å². The Bertz CT molecular complexity index is 540. The highest BCUT2D eigenvalue weighted by atomic mass is 16.5. The van der Waals surface area contributed by atoms with Crippen LogP contribution in [-0.2, 0) is 16.0 Å². The first kappa shape index (κ1) is 15.4. The number of carbonyl (C=O) groups is 2. The highest BCUT2D eigenvalue weighted by molar-refractivity contribution is 5.91. The third-order valence-electron chi connectivity index (χ3n) is 3.95. The highest BCUT2D eigenvalue weighted by Gasteiger charge is 2.39. The van der Waals surface area contributed by atoms with E-state index in [1.54, 1.807) is 25.9 Å². The SMILES string of the molecule is COc1ccccc1CCC(=O)N1CCNC(=O)C1(C)C. The molecular weight excluding hydrogens is 268 g/mol. The summed E-state index contributed by atoms with van der Waals surface area (Å²) in [7, 11) is 1.62. The van der Waals surface area contributed by atoms with E-state index in [1.165, 1.54) is 0 Å². The van der Waals surface area contributed by atoms with Gasteiger partial charge in [-0.3, -0.25) is 9.59 Å². The molecule has 2 amide bonds. The number of aryl methyl sites for hydroxylation is 1. The molecule has 1 aliphatic rings. The van der Waals surface area contributed by atoms with Crippen molar-refractivity contribution in [3.63, 3.8) is 0 Å². The van der Waals surface area contributed by atoms with Gasteiger partial charge in [0.2, 0.25) is 11.8 Å². The molecule has 0 unspecified atom stereocenters. The summed E-state index contributed by atoms with van der Waals surface area (Å²) >= 11 is 0. The Balaban J connectivity index is 2.03. The van der Waals surface area contributed by atoms with Crippen LogP contribution >= 0.6 is 0 Å². The lowest BCUT2D eigenvalue weighted by Crippen LogP contribution is -2.63. The van der Waals surface area contributed by atoms with E-state index < -0.39 is 5.54 Å². The second-order valence-corrected chi connectivity index (χ2v) is 5.67. The second kappa shape index (κ2) is 6.16. The Morgan fingerprint density at radius 2 is 2.10 bits per heavy atom. The largest absolute Gasteiger partial charge is 0.496 e. The van der Waals surface area contributed by atoms with Gasteiger partial charge in [0.1, 0.15) is 11.3 Å². The maximum Gasteiger partial charge on any atom is 0.245 e. The fraction of sp³-hybridized carbons (Fsp3) is 0.500. The molecule has 0 bridgehead atoms. The number of rotatable bonds is 4. The van der Waals surface area contributed by atoms with Crippen LogP contribution in [0.4, 0.5) is 0 Å². The van der Waals surface area contributed by atoms with E-state index >= 15 is 0 Å². The quantitative estimate of drug-likeness (QED) is 0.911. The second-order valence-electron chi connectivity index (χ2n) is 5.67. The molecule has 1 heterocycles. The van der Waals surface area contributed by atoms with Gasteiger partial charge in [0.15, 0.2) is 0 Å². The average Bonchev–Trinajstić information content (AvgIpc) is 2.47. The Labute approximate surface area is 125 Å². The Morgan fingerprint density at radius 1 is 1.38 bits per heavy atom. The standard InChI is InChI=1S/C16H22N2O3/c1-16(2)15(20)17-10-11-18(16)14(19)9-8-12-6-4-5-7-13(12)21-3/h4-7H,8-11H2,1-3H3,(H,17,20). The normalized spacial score (nSPS) is 17.3. The molecule has 1 aromatic rings. The summed E-state index contributed by atoms with van der Waals surface area (Å²) in [6, 6.07) is 7.68. The van der Waals surface area contributed by atoms with Gasteiger partial charge in [-0.15, -0.1) is 0 Å². The zero-order chi connectivity index (χ0) is 15.5. The van der Waals surface area contributed by atoms with E-state index in [0.717, 1.165) is 11.3 Å². The van der Waals surface area contributed by atoms with E-state index in [2.05, 4.69) is 5.32 Å². The number of methoxy groups -OCH3 is 1. The van der Waals surface area contributed by atoms with Crippen molar-refractivity contribution in [3.05, 3.63) is 29.8 Å². The molecule has 1 N–H and O–H groups in total. The zero-order valence-electron chi connectivity index (χ0n) is 12.8. The van der Waals surface area contributed by atoms with E-state index in [4.69, 9.17) is 4.74 Å². The van der Waals surface area contributed by atoms with Crippen molar-refractivity contribution in [2.45, 2.75) is 32.2 Å². The maximum atomic E-state index is 12.4. The molecule has 0 aliphatic carbocycles. The minimum absolute atomic E-state index is 0.000700. The predicted molar refractivity (Wildman–Crippen MR) is 80.1 cm³/mol. The molecule has 5 heteroatoms. The van der Waals surface area contributed by atoms with Gasteiger partial charge in [0.25, 0.3) is 0 Å². The molecule has 1 aliphatic heterocycles. The van der Waals surface area contributed by atoms with Crippen molar-refractivity contribution in [2.75, 3.05) is 20.2 Å². The Morgan fingerprint density at radius 3 is 2.81 bits per heavy atom. The minimum atomic E-state index is -0.782. The van der Waals surface area contributed by atoms with Crippen LogP contribution in [0, 0.1) is 0 Å². The van der Waals surface area contributed by atoms with Gasteiger partial charge in [-0.2, -0.15) is 0 Å². The number of ether oxygens (including phenoxy) is 1. The van der Waals surface area contributed by atoms with Crippen molar-refractivity contribution in [1.82, 2.24) is 10.2 Å². The fourth-order valence-corrected chi connectivity index (χ4v) is 2.62. The molecule has 21 heavy (non-hydrogen) atoms. The van der Waals surface area contributed by atoms with E-state index in [0.29, 0.717) is 25.9 Å². The number of amides is 2. The molecule has 5 nitrogen and oxygen atoms in total. The van der Waals surface area contributed by atoms with Gasteiger partial charge in [-0.25, -0.2) is 0 Å². The van der Waals surface area contributed by atoms with Crippen molar-refractivity contribution >= 4 is 11.8 Å². The van der Waals surface area contributed by atoms with Crippen LogP contribution < -0.4 is 10.1 Å². The molecule has 1 fully saturated rings. The van der Waals surface area contributed by atoms with Crippen molar-refractivity contribution in [1.29, 1.82) is 0 Å². The number of benzene rings is 1. The number of piperazine rings is 1. The molecule has 0 radical (unpaired) electrons. The summed E-state index contributed by atoms with van der Waals surface area (Å²) < 4.78 is 5.29. The van der Waals surface area contributed by atoms with Crippen LogP contribution in [0.3, 0.4) is 0 Å². The average molecular weight is 290 g/mol. The van der Waals surface area contributed by atoms with Crippen LogP contribution in [0.15, 0.2) is 24.3 Å². The van der Waals surface area contributed by atoms with Crippen molar-refractivity contribution < 1.29 is 14.3 Å². The summed E-state index contributed by atoms with van der Waals surface area (Å²) in [5.41, 5.74) is 0.225. The molecule has 1 saturated heterocycles. The maximum absolute atomic E-state index is 12.4. The minimum Gasteiger partial charge on any atom is -0.496 e. The van der Waals surface area contributed by atoms with Crippen LogP contribution in [0.25, 0.3) is 0 Å². The van der Waals surface area contributed by atoms with E-state index in [-0.39, 0.29) is 11.8 Å². The van der Waals surface area contributed by atoms with E-state index in [9.17, 15) is 9.59 Å². The Kier molecular flexibility index (Phi) is 4.50. The van der Waals surface area contributed by atoms with Crippen LogP contribution in [0.1, 0.15) is 25.8 Å². The molecular formula is C16H22N2O3. The molecule has 114 valence electrons. The molecule has 2 rings (SSSR count). The first-order chi connectivity index (χ1) is 9.96. The molecule has 0 saturated carbocycles. The lowest BCUT2D eigenvalue weighted by atomic mass is 9.97. The van der Waals surface area contributed by atoms with Crippen LogP contribution in [0.5, 0.6) is 5.75 Å². The lowest BCUT2D eigenvalue weighted by molar-refractivity contribution is -0.149. The molecule has 0 spiro atoms. The van der Waals surface area contributed by atoms with Crippen molar-refractivity contribution in [3.8, 4) is 5.75 Å². The summed E-state index contributed by atoms with van der Waals surface area (Å²) in [6.45, 7) is 4.64. The Hall–Kier alpha value is -2.04. The summed E-state index contributed by atoms with van der Waals surface area (Å²) in [4.78, 5) is 26.0. The summed E-state index contributed by atoms with van der Waals surface area (Å²) in [5.74, 6) is 0.695. The monoisotopic (exact) mass is 290 g/mol. The zero-order valence-corrected chi connectivity index (χ0v) is 12.8. The smallest absolute Gasteiger partial charge is 0.245 e. The third-order valence-corrected chi connectivity index (χ3v) is 3.95. The van der Waals surface area contributed by atoms with Crippen LogP contribution in [0.2, 0.25) is 0 Å². The van der Waals surface area contributed by atoms with Gasteiger partial charge in [-0.05, 0) is 31.9 Å². The fourth-order valence-electron chi connectivity index (χ4n) is 2.62. The lowest BCUT2D eigenvalue weighted by Gasteiger charge is -2.41. The van der Waals surface area contributed by atoms with Gasteiger partial charge >= 0.3 is 0 Å². The third kappa shape index (κ3) is 3.17. The summed E-state index contributed by atoms with van der Waals surface area (Å²) in [5, 5.41) is 2.80. The number of nitrogens with zero attached hydrogens (tertiary/aromatic N) is 1. The van der Waals surface area contributed by atoms with E-state index in [1.807, 2.05) is 24.3 Å².